The van der Waals surface area contributed by atoms with E-state index >= 15 is 0 Å². The molecule has 108 valence electrons. The van der Waals surface area contributed by atoms with E-state index in [4.69, 9.17) is 4.74 Å². The number of fused-ring (bicyclic) bond motifs is 1. The number of ether oxygens (including phenoxy) is 1. The zero-order valence-corrected chi connectivity index (χ0v) is 11.9. The van der Waals surface area contributed by atoms with E-state index in [9.17, 15) is 4.79 Å². The molecule has 0 radical (unpaired) electrons. The first kappa shape index (κ1) is 13.6. The van der Waals surface area contributed by atoms with Crippen LogP contribution in [0.15, 0.2) is 24.3 Å². The molecule has 0 saturated carbocycles. The van der Waals surface area contributed by atoms with Crippen LogP contribution in [-0.2, 0) is 4.79 Å². The Hall–Kier alpha value is -1.35. The summed E-state index contributed by atoms with van der Waals surface area (Å²) in [7, 11) is 0. The van der Waals surface area contributed by atoms with Gasteiger partial charge in [-0.2, -0.15) is 0 Å². The predicted molar refractivity (Wildman–Crippen MR) is 79.1 cm³/mol. The van der Waals surface area contributed by atoms with Crippen LogP contribution in [0.3, 0.4) is 0 Å². The van der Waals surface area contributed by atoms with Crippen LogP contribution < -0.4 is 10.1 Å². The van der Waals surface area contributed by atoms with Gasteiger partial charge in [0.1, 0.15) is 11.5 Å². The fraction of sp³-hybridized carbons (Fsp3) is 0.588. The van der Waals surface area contributed by atoms with Gasteiger partial charge in [-0.3, -0.25) is 4.79 Å². The Morgan fingerprint density at radius 3 is 2.80 bits per heavy atom. The van der Waals surface area contributed by atoms with Gasteiger partial charge in [-0.25, -0.2) is 0 Å². The van der Waals surface area contributed by atoms with Crippen molar-refractivity contribution in [2.24, 2.45) is 5.92 Å². The van der Waals surface area contributed by atoms with Gasteiger partial charge in [-0.15, -0.1) is 0 Å². The van der Waals surface area contributed by atoms with E-state index in [0.29, 0.717) is 24.0 Å². The van der Waals surface area contributed by atoms with Crippen molar-refractivity contribution < 1.29 is 9.53 Å². The maximum Gasteiger partial charge on any atom is 0.133 e. The number of benzene rings is 1. The molecule has 0 aliphatic carbocycles. The molecule has 3 nitrogen and oxygen atoms in total. The quantitative estimate of drug-likeness (QED) is 0.916. The third-order valence-electron chi connectivity index (χ3n) is 4.53. The SMILES string of the molecule is O=C(CC1CCNCC1)CC1CCOc2ccccc21. The summed E-state index contributed by atoms with van der Waals surface area (Å²) in [6.45, 7) is 2.87. The summed E-state index contributed by atoms with van der Waals surface area (Å²) in [6, 6.07) is 8.16. The van der Waals surface area contributed by atoms with Crippen molar-refractivity contribution in [2.75, 3.05) is 19.7 Å². The second kappa shape index (κ2) is 6.40. The van der Waals surface area contributed by atoms with E-state index in [1.807, 2.05) is 18.2 Å². The normalized spacial score (nSPS) is 22.9. The lowest BCUT2D eigenvalue weighted by Crippen LogP contribution is -2.29. The van der Waals surface area contributed by atoms with Crippen molar-refractivity contribution in [1.82, 2.24) is 5.32 Å². The maximum atomic E-state index is 12.3. The van der Waals surface area contributed by atoms with Gasteiger partial charge in [0, 0.05) is 12.8 Å². The molecule has 1 atom stereocenters. The lowest BCUT2D eigenvalue weighted by molar-refractivity contribution is -0.120. The summed E-state index contributed by atoms with van der Waals surface area (Å²) >= 11 is 0. The summed E-state index contributed by atoms with van der Waals surface area (Å²) < 4.78 is 5.67. The average Bonchev–Trinajstić information content (AvgIpc) is 2.48. The minimum Gasteiger partial charge on any atom is -0.493 e. The van der Waals surface area contributed by atoms with Crippen LogP contribution in [0, 0.1) is 5.92 Å². The number of para-hydroxylation sites is 1. The van der Waals surface area contributed by atoms with E-state index in [-0.39, 0.29) is 0 Å². The largest absolute Gasteiger partial charge is 0.493 e. The third kappa shape index (κ3) is 3.21. The number of Topliss-reactive ketones (excluding diaryl/α,β-unsaturated/α-hetero) is 1. The summed E-state index contributed by atoms with van der Waals surface area (Å²) in [5, 5.41) is 3.35. The molecule has 3 heteroatoms. The number of carbonyl (C=O) groups is 1. The van der Waals surface area contributed by atoms with E-state index in [0.717, 1.165) is 51.1 Å². The molecule has 20 heavy (non-hydrogen) atoms. The average molecular weight is 273 g/mol. The molecule has 2 heterocycles. The minimum atomic E-state index is 0.356. The van der Waals surface area contributed by atoms with Gasteiger partial charge in [0.15, 0.2) is 0 Å². The van der Waals surface area contributed by atoms with Gasteiger partial charge in [-0.05, 0) is 55.8 Å². The second-order valence-corrected chi connectivity index (χ2v) is 6.01. The highest BCUT2D eigenvalue weighted by Gasteiger charge is 2.25. The van der Waals surface area contributed by atoms with E-state index in [1.165, 1.54) is 5.56 Å². The molecule has 0 aromatic heterocycles. The van der Waals surface area contributed by atoms with Gasteiger partial charge in [0.25, 0.3) is 0 Å². The zero-order valence-electron chi connectivity index (χ0n) is 11.9. The highest BCUT2D eigenvalue weighted by atomic mass is 16.5. The Kier molecular flexibility index (Phi) is 4.36. The molecule has 1 saturated heterocycles. The molecule has 1 aromatic carbocycles. The molecule has 0 amide bonds. The summed E-state index contributed by atoms with van der Waals surface area (Å²) in [5.74, 6) is 2.35. The second-order valence-electron chi connectivity index (χ2n) is 6.01. The van der Waals surface area contributed by atoms with Gasteiger partial charge >= 0.3 is 0 Å². The number of rotatable bonds is 4. The van der Waals surface area contributed by atoms with Crippen LogP contribution in [0.1, 0.15) is 43.6 Å². The molecule has 3 rings (SSSR count). The van der Waals surface area contributed by atoms with Gasteiger partial charge < -0.3 is 10.1 Å². The van der Waals surface area contributed by atoms with Gasteiger partial charge in [0.2, 0.25) is 0 Å². The van der Waals surface area contributed by atoms with Crippen LogP contribution in [-0.4, -0.2) is 25.5 Å². The molecule has 1 unspecified atom stereocenters. The highest BCUT2D eigenvalue weighted by molar-refractivity contribution is 5.79. The first-order valence-corrected chi connectivity index (χ1v) is 7.77. The van der Waals surface area contributed by atoms with Crippen LogP contribution in [0.25, 0.3) is 0 Å². The Morgan fingerprint density at radius 1 is 1.15 bits per heavy atom. The van der Waals surface area contributed by atoms with Crippen molar-refractivity contribution in [3.8, 4) is 5.75 Å². The number of hydrogen-bond acceptors (Lipinski definition) is 3. The monoisotopic (exact) mass is 273 g/mol. The molecule has 1 fully saturated rings. The Balaban J connectivity index is 1.59. The van der Waals surface area contributed by atoms with Crippen molar-refractivity contribution in [2.45, 2.75) is 38.0 Å². The predicted octanol–water partition coefficient (Wildman–Crippen LogP) is 2.90. The zero-order chi connectivity index (χ0) is 13.8. The molecular formula is C17H23NO2. The van der Waals surface area contributed by atoms with Crippen molar-refractivity contribution in [3.05, 3.63) is 29.8 Å². The first-order chi connectivity index (χ1) is 9.83. The summed E-state index contributed by atoms with van der Waals surface area (Å²) in [6.07, 6.45) is 4.71. The molecular weight excluding hydrogens is 250 g/mol. The van der Waals surface area contributed by atoms with Crippen LogP contribution in [0.2, 0.25) is 0 Å². The van der Waals surface area contributed by atoms with Gasteiger partial charge in [0.05, 0.1) is 6.61 Å². The van der Waals surface area contributed by atoms with Crippen molar-refractivity contribution in [1.29, 1.82) is 0 Å². The van der Waals surface area contributed by atoms with Crippen LogP contribution >= 0.6 is 0 Å². The van der Waals surface area contributed by atoms with Crippen molar-refractivity contribution in [3.63, 3.8) is 0 Å². The fourth-order valence-corrected chi connectivity index (χ4v) is 3.39. The molecule has 0 spiro atoms. The first-order valence-electron chi connectivity index (χ1n) is 7.77. The number of ketones is 1. The van der Waals surface area contributed by atoms with E-state index in [1.54, 1.807) is 0 Å². The van der Waals surface area contributed by atoms with Gasteiger partial charge in [-0.1, -0.05) is 18.2 Å². The lowest BCUT2D eigenvalue weighted by Gasteiger charge is -2.26. The van der Waals surface area contributed by atoms with E-state index < -0.39 is 0 Å². The fourth-order valence-electron chi connectivity index (χ4n) is 3.39. The minimum absolute atomic E-state index is 0.356. The Labute approximate surface area is 120 Å². The topological polar surface area (TPSA) is 38.3 Å². The van der Waals surface area contributed by atoms with E-state index in [2.05, 4.69) is 11.4 Å². The Bertz CT molecular complexity index is 466. The van der Waals surface area contributed by atoms with Crippen molar-refractivity contribution >= 4 is 5.78 Å². The van der Waals surface area contributed by atoms with Crippen LogP contribution in [0.4, 0.5) is 0 Å². The number of piperidine rings is 1. The standard InChI is InChI=1S/C17H23NO2/c19-15(11-13-5-8-18-9-6-13)12-14-7-10-20-17-4-2-1-3-16(14)17/h1-4,13-14,18H,5-12H2. The lowest BCUT2D eigenvalue weighted by atomic mass is 9.85. The number of hydrogen-bond donors (Lipinski definition) is 1. The number of nitrogens with one attached hydrogen (secondary N) is 1. The molecule has 2 aliphatic rings. The molecule has 1 aromatic rings. The summed E-state index contributed by atoms with van der Waals surface area (Å²) in [4.78, 5) is 12.3. The molecule has 2 aliphatic heterocycles. The smallest absolute Gasteiger partial charge is 0.133 e. The number of carbonyl (C=O) groups excluding carboxylic acids is 1. The molecule has 0 bridgehead atoms. The maximum absolute atomic E-state index is 12.3. The van der Waals surface area contributed by atoms with Crippen LogP contribution in [0.5, 0.6) is 5.75 Å². The summed E-state index contributed by atoms with van der Waals surface area (Å²) in [5.41, 5.74) is 1.22. The third-order valence-corrected chi connectivity index (χ3v) is 4.53. The highest BCUT2D eigenvalue weighted by Crippen LogP contribution is 2.36. The Morgan fingerprint density at radius 2 is 1.95 bits per heavy atom. The molecule has 1 N–H and O–H groups in total.